The van der Waals surface area contributed by atoms with Gasteiger partial charge in [0.15, 0.2) is 0 Å². The Hall–Kier alpha value is -0.610. The SMILES string of the molecule is CCN1CCCC1CN(C)C(=O)COC(C)C. The van der Waals surface area contributed by atoms with Crippen molar-refractivity contribution in [2.75, 3.05) is 33.3 Å². The molecule has 0 aromatic carbocycles. The van der Waals surface area contributed by atoms with Gasteiger partial charge in [0.05, 0.1) is 6.10 Å². The molecule has 0 aromatic heterocycles. The van der Waals surface area contributed by atoms with E-state index >= 15 is 0 Å². The average molecular weight is 242 g/mol. The highest BCUT2D eigenvalue weighted by Crippen LogP contribution is 2.17. The Kier molecular flexibility index (Phi) is 5.92. The first-order valence-corrected chi connectivity index (χ1v) is 6.64. The van der Waals surface area contributed by atoms with Crippen molar-refractivity contribution >= 4 is 5.91 Å². The molecule has 1 amide bonds. The first-order chi connectivity index (χ1) is 8.04. The third kappa shape index (κ3) is 4.64. The molecule has 0 radical (unpaired) electrons. The fourth-order valence-electron chi connectivity index (χ4n) is 2.28. The summed E-state index contributed by atoms with van der Waals surface area (Å²) in [6.07, 6.45) is 2.57. The smallest absolute Gasteiger partial charge is 0.248 e. The van der Waals surface area contributed by atoms with Crippen molar-refractivity contribution in [3.8, 4) is 0 Å². The first kappa shape index (κ1) is 14.5. The van der Waals surface area contributed by atoms with Gasteiger partial charge in [0.25, 0.3) is 0 Å². The van der Waals surface area contributed by atoms with Crippen LogP contribution in [0.1, 0.15) is 33.6 Å². The third-order valence-corrected chi connectivity index (χ3v) is 3.36. The van der Waals surface area contributed by atoms with E-state index < -0.39 is 0 Å². The largest absolute Gasteiger partial charge is 0.369 e. The molecule has 0 bridgehead atoms. The van der Waals surface area contributed by atoms with Crippen LogP contribution in [0.4, 0.5) is 0 Å². The molecule has 0 aromatic rings. The van der Waals surface area contributed by atoms with Crippen LogP contribution in [-0.4, -0.2) is 61.1 Å². The summed E-state index contributed by atoms with van der Waals surface area (Å²) >= 11 is 0. The zero-order valence-corrected chi connectivity index (χ0v) is 11.6. The second kappa shape index (κ2) is 6.97. The molecule has 0 spiro atoms. The quantitative estimate of drug-likeness (QED) is 0.705. The number of hydrogen-bond acceptors (Lipinski definition) is 3. The Morgan fingerprint density at radius 1 is 1.53 bits per heavy atom. The molecule has 100 valence electrons. The lowest BCUT2D eigenvalue weighted by atomic mass is 10.2. The van der Waals surface area contributed by atoms with Crippen LogP contribution >= 0.6 is 0 Å². The number of likely N-dealkylation sites (N-methyl/N-ethyl adjacent to an activating group) is 2. The van der Waals surface area contributed by atoms with Crippen LogP contribution in [-0.2, 0) is 9.53 Å². The maximum Gasteiger partial charge on any atom is 0.248 e. The molecule has 0 aliphatic carbocycles. The Morgan fingerprint density at radius 2 is 2.24 bits per heavy atom. The topological polar surface area (TPSA) is 32.8 Å². The Bertz CT molecular complexity index is 244. The van der Waals surface area contributed by atoms with Crippen molar-refractivity contribution in [3.05, 3.63) is 0 Å². The fraction of sp³-hybridized carbons (Fsp3) is 0.923. The average Bonchev–Trinajstić information content (AvgIpc) is 2.72. The lowest BCUT2D eigenvalue weighted by Crippen LogP contribution is -2.42. The number of likely N-dealkylation sites (tertiary alicyclic amines) is 1. The summed E-state index contributed by atoms with van der Waals surface area (Å²) < 4.78 is 5.34. The summed E-state index contributed by atoms with van der Waals surface area (Å²) in [5.41, 5.74) is 0. The monoisotopic (exact) mass is 242 g/mol. The van der Waals surface area contributed by atoms with Gasteiger partial charge in [0.2, 0.25) is 5.91 Å². The second-order valence-electron chi connectivity index (χ2n) is 5.06. The Labute approximate surface area is 105 Å². The first-order valence-electron chi connectivity index (χ1n) is 6.64. The van der Waals surface area contributed by atoms with Crippen LogP contribution in [0.5, 0.6) is 0 Å². The fourth-order valence-corrected chi connectivity index (χ4v) is 2.28. The lowest BCUT2D eigenvalue weighted by Gasteiger charge is -2.27. The van der Waals surface area contributed by atoms with E-state index in [0.717, 1.165) is 13.1 Å². The van der Waals surface area contributed by atoms with Gasteiger partial charge in [0.1, 0.15) is 6.61 Å². The van der Waals surface area contributed by atoms with Gasteiger partial charge < -0.3 is 9.64 Å². The van der Waals surface area contributed by atoms with Gasteiger partial charge in [0, 0.05) is 19.6 Å². The van der Waals surface area contributed by atoms with Gasteiger partial charge in [-0.15, -0.1) is 0 Å². The van der Waals surface area contributed by atoms with E-state index in [0.29, 0.717) is 6.04 Å². The molecule has 4 nitrogen and oxygen atoms in total. The molecule has 1 rings (SSSR count). The summed E-state index contributed by atoms with van der Waals surface area (Å²) in [6, 6.07) is 0.535. The van der Waals surface area contributed by atoms with Crippen LogP contribution < -0.4 is 0 Å². The van der Waals surface area contributed by atoms with E-state index in [1.165, 1.54) is 19.4 Å². The van der Waals surface area contributed by atoms with Crippen molar-refractivity contribution in [2.45, 2.75) is 45.8 Å². The number of ether oxygens (including phenoxy) is 1. The van der Waals surface area contributed by atoms with Crippen LogP contribution in [0.2, 0.25) is 0 Å². The number of carbonyl (C=O) groups excluding carboxylic acids is 1. The Balaban J connectivity index is 2.32. The Morgan fingerprint density at radius 3 is 2.82 bits per heavy atom. The summed E-state index contributed by atoms with van der Waals surface area (Å²) in [4.78, 5) is 16.1. The van der Waals surface area contributed by atoms with Crippen molar-refractivity contribution in [1.29, 1.82) is 0 Å². The molecule has 1 atom stereocenters. The normalized spacial score (nSPS) is 21.1. The molecule has 1 unspecified atom stereocenters. The summed E-state index contributed by atoms with van der Waals surface area (Å²) in [6.45, 7) is 9.36. The summed E-state index contributed by atoms with van der Waals surface area (Å²) in [5, 5.41) is 0. The van der Waals surface area contributed by atoms with E-state index in [9.17, 15) is 4.79 Å². The van der Waals surface area contributed by atoms with Crippen LogP contribution in [0.3, 0.4) is 0 Å². The maximum absolute atomic E-state index is 11.8. The van der Waals surface area contributed by atoms with Crippen molar-refractivity contribution in [1.82, 2.24) is 9.80 Å². The summed E-state index contributed by atoms with van der Waals surface area (Å²) in [5.74, 6) is 0.0849. The zero-order valence-electron chi connectivity index (χ0n) is 11.6. The zero-order chi connectivity index (χ0) is 12.8. The van der Waals surface area contributed by atoms with Crippen molar-refractivity contribution < 1.29 is 9.53 Å². The van der Waals surface area contributed by atoms with Crippen molar-refractivity contribution in [3.63, 3.8) is 0 Å². The van der Waals surface area contributed by atoms with Gasteiger partial charge in [-0.05, 0) is 39.8 Å². The third-order valence-electron chi connectivity index (χ3n) is 3.36. The highest BCUT2D eigenvalue weighted by atomic mass is 16.5. The van der Waals surface area contributed by atoms with E-state index in [2.05, 4.69) is 11.8 Å². The van der Waals surface area contributed by atoms with Gasteiger partial charge in [-0.25, -0.2) is 0 Å². The molecule has 17 heavy (non-hydrogen) atoms. The van der Waals surface area contributed by atoms with Gasteiger partial charge in [-0.1, -0.05) is 6.92 Å². The molecular formula is C13H26N2O2. The number of carbonyl (C=O) groups is 1. The number of amides is 1. The van der Waals surface area contributed by atoms with E-state index in [-0.39, 0.29) is 18.6 Å². The molecule has 0 N–H and O–H groups in total. The van der Waals surface area contributed by atoms with E-state index in [1.54, 1.807) is 4.90 Å². The standard InChI is InChI=1S/C13H26N2O2/c1-5-15-8-6-7-12(15)9-14(4)13(16)10-17-11(2)3/h11-12H,5-10H2,1-4H3. The predicted molar refractivity (Wildman–Crippen MR) is 69.0 cm³/mol. The number of hydrogen-bond donors (Lipinski definition) is 0. The van der Waals surface area contributed by atoms with Crippen molar-refractivity contribution in [2.24, 2.45) is 0 Å². The van der Waals surface area contributed by atoms with Gasteiger partial charge in [-0.3, -0.25) is 9.69 Å². The van der Waals surface area contributed by atoms with Gasteiger partial charge >= 0.3 is 0 Å². The highest BCUT2D eigenvalue weighted by Gasteiger charge is 2.25. The van der Waals surface area contributed by atoms with Gasteiger partial charge in [-0.2, -0.15) is 0 Å². The van der Waals surface area contributed by atoms with Crippen LogP contribution in [0.25, 0.3) is 0 Å². The second-order valence-corrected chi connectivity index (χ2v) is 5.06. The minimum Gasteiger partial charge on any atom is -0.369 e. The lowest BCUT2D eigenvalue weighted by molar-refractivity contribution is -0.136. The molecule has 1 heterocycles. The molecular weight excluding hydrogens is 216 g/mol. The van der Waals surface area contributed by atoms with Crippen LogP contribution in [0.15, 0.2) is 0 Å². The molecule has 1 aliphatic heterocycles. The predicted octanol–water partition coefficient (Wildman–Crippen LogP) is 1.35. The van der Waals surface area contributed by atoms with Crippen LogP contribution in [0, 0.1) is 0 Å². The molecule has 4 heteroatoms. The molecule has 1 saturated heterocycles. The number of nitrogens with zero attached hydrogens (tertiary/aromatic N) is 2. The minimum absolute atomic E-state index is 0.0849. The summed E-state index contributed by atoms with van der Waals surface area (Å²) in [7, 11) is 1.87. The van der Waals surface area contributed by atoms with E-state index in [1.807, 2.05) is 20.9 Å². The molecule has 1 fully saturated rings. The molecule has 1 aliphatic rings. The number of rotatable bonds is 6. The van der Waals surface area contributed by atoms with E-state index in [4.69, 9.17) is 4.74 Å². The highest BCUT2D eigenvalue weighted by molar-refractivity contribution is 5.77. The maximum atomic E-state index is 11.8. The molecule has 0 saturated carbocycles. The minimum atomic E-state index is 0.0849.